The van der Waals surface area contributed by atoms with Crippen molar-refractivity contribution in [2.45, 2.75) is 87.9 Å². The van der Waals surface area contributed by atoms with E-state index in [4.69, 9.17) is 22.4 Å². The van der Waals surface area contributed by atoms with Gasteiger partial charge in [0.05, 0.1) is 96.8 Å². The van der Waals surface area contributed by atoms with Gasteiger partial charge in [0.1, 0.15) is 18.1 Å². The molecule has 8 aromatic heterocycles. The van der Waals surface area contributed by atoms with Gasteiger partial charge in [0.25, 0.3) is 10.9 Å². The zero-order valence-corrected chi connectivity index (χ0v) is 74.7. The fourth-order valence-electron chi connectivity index (χ4n) is 6.82. The minimum atomic E-state index is -0.910. The molecule has 109 heavy (non-hydrogen) atoms. The van der Waals surface area contributed by atoms with Crippen molar-refractivity contribution in [3.8, 4) is 0 Å². The molecule has 0 saturated heterocycles. The molecule has 1 aliphatic heterocycles. The number of halogens is 9. The van der Waals surface area contributed by atoms with Crippen LogP contribution in [-0.4, -0.2) is 127 Å². The van der Waals surface area contributed by atoms with Gasteiger partial charge in [0.2, 0.25) is 11.7 Å². The molecular weight excluding hydrogens is 1950 g/mol. The fourth-order valence-corrected chi connectivity index (χ4v) is 15.1. The highest BCUT2D eigenvalue weighted by atomic mass is 79.9. The number of benzene rings is 1. The maximum Gasteiger partial charge on any atom is 0.399 e. The maximum atomic E-state index is 12.3. The standard InChI is InChI=1S/C12H10BrN3O3S.C12H10BrN3S.C8H9BrOS.C7H8BrNOS.C7H4ClNO3.C6H13NO2.C5H3FN2O2.C4H2Br2S.C4H8O2.C2H7NO.CH4.ClH/c1-7(11(17)9-4-5-10(13)20-9)15-8-3-2-6-14-12(8)16(18)19;1-7-11(9-4-5-10(13)17-9)16-12-8(15-7)3-2-6-14-12;1-5(2)8(10)6-3-4-7(9)11-6;1-4(9)7(10)5-2-3-6(8)11-5;8-7(10)5-1-3-6(4-2-5)9(11)12;1-5(2)6(8)7(3)9-4;6-4-2-1-3-7-5(4)8(9)10;5-3-1-2-4(6)7-3;1-3(2)4(5)6;1-3-4-2;;/h2-7,15H,1H3;2-7,15H,1H3;3-5H,1-2H3;2-4H,9H2,1H3;1-4H;5H,1-4H3;1-3H;1-2H;3H,1-2H3,(H,5,6);3H,1-2H3;1H4;1H/t2*7-;;4-;;;;;;;;/m11.1......../s1. The van der Waals surface area contributed by atoms with E-state index in [1.807, 2.05) is 76.2 Å². The molecule has 1 aromatic carbocycles. The average Bonchev–Trinajstić information content (AvgIpc) is 1.78. The number of aliphatic carboxylic acids is 1. The number of nitrogens with two attached hydrogens (primary N) is 1. The molecule has 0 spiro atoms. The molecule has 9 heterocycles. The summed E-state index contributed by atoms with van der Waals surface area (Å²) in [5, 5.41) is 45.8. The number of carbonyl (C=O) groups excluding carboxylic acids is 5. The number of fused-ring (bicyclic) bond motifs is 1. The van der Waals surface area contributed by atoms with Crippen LogP contribution in [0.3, 0.4) is 0 Å². The number of non-ortho nitro benzene ring substituents is 1. The second-order valence-corrected chi connectivity index (χ2v) is 35.5. The first-order valence-electron chi connectivity index (χ1n) is 30.6. The first-order valence-corrected chi connectivity index (χ1v) is 39.8. The summed E-state index contributed by atoms with van der Waals surface area (Å²) in [6.45, 7) is 16.2. The Kier molecular flexibility index (Phi) is 53.5. The first-order chi connectivity index (χ1) is 50.2. The Morgan fingerprint density at radius 1 is 0.615 bits per heavy atom. The molecule has 0 unspecified atom stereocenters. The molecular formula is C68H79Br6Cl2FN12O15S5. The lowest BCUT2D eigenvalue weighted by molar-refractivity contribution is -0.392. The Hall–Kier alpha value is -6.51. The van der Waals surface area contributed by atoms with E-state index in [1.165, 1.54) is 107 Å². The van der Waals surface area contributed by atoms with Gasteiger partial charge in [-0.05, 0) is 257 Å². The number of amides is 1. The number of hydrogen-bond donors (Lipinski definition) is 5. The summed E-state index contributed by atoms with van der Waals surface area (Å²) in [6, 6.07) is 32.7. The van der Waals surface area contributed by atoms with E-state index in [0.717, 1.165) is 43.3 Å². The van der Waals surface area contributed by atoms with Crippen LogP contribution in [0.1, 0.15) is 114 Å². The van der Waals surface area contributed by atoms with Crippen LogP contribution < -0.4 is 21.8 Å². The number of nitrogens with one attached hydrogen (secondary N) is 3. The smallest absolute Gasteiger partial charge is 0.399 e. The van der Waals surface area contributed by atoms with E-state index in [-0.39, 0.29) is 89.6 Å². The largest absolute Gasteiger partial charge is 0.481 e. The van der Waals surface area contributed by atoms with Crippen LogP contribution in [0.4, 0.5) is 38.9 Å². The lowest BCUT2D eigenvalue weighted by Crippen LogP contribution is -2.29. The van der Waals surface area contributed by atoms with E-state index in [1.54, 1.807) is 102 Å². The molecule has 1 aliphatic rings. The first kappa shape index (κ1) is 105. The number of carboxylic acid groups (broad SMARTS) is 1. The van der Waals surface area contributed by atoms with Crippen molar-refractivity contribution < 1.29 is 62.7 Å². The van der Waals surface area contributed by atoms with Gasteiger partial charge in [0, 0.05) is 49.8 Å². The monoisotopic (exact) mass is 2030 g/mol. The van der Waals surface area contributed by atoms with E-state index < -0.39 is 49.7 Å². The van der Waals surface area contributed by atoms with Crippen molar-refractivity contribution in [3.63, 3.8) is 0 Å². The Morgan fingerprint density at radius 3 is 1.39 bits per heavy atom. The lowest BCUT2D eigenvalue weighted by Gasteiger charge is -2.22. The predicted molar refractivity (Wildman–Crippen MR) is 458 cm³/mol. The topological polar surface area (TPSA) is 387 Å². The molecule has 3 atom stereocenters. The number of aromatic nitrogens is 3. The number of anilines is 2. The summed E-state index contributed by atoms with van der Waals surface area (Å²) in [4.78, 5) is 123. The molecule has 27 nitrogen and oxygen atoms in total. The number of hydrogen-bond acceptors (Lipinski definition) is 27. The summed E-state index contributed by atoms with van der Waals surface area (Å²) in [5.41, 5.74) is 10.3. The molecule has 0 radical (unpaired) electrons. The van der Waals surface area contributed by atoms with Gasteiger partial charge in [-0.1, -0.05) is 49.0 Å². The zero-order chi connectivity index (χ0) is 81.4. The third kappa shape index (κ3) is 41.0. The number of Topliss-reactive ketones (excluding diaryl/α,β-unsaturated/α-hetero) is 3. The molecule has 6 N–H and O–H groups in total. The highest BCUT2D eigenvalue weighted by Gasteiger charge is 2.24. The average molecular weight is 2030 g/mol. The highest BCUT2D eigenvalue weighted by Crippen LogP contribution is 2.33. The molecule has 0 fully saturated rings. The number of aliphatic imine (C=N–C) groups is 1. The van der Waals surface area contributed by atoms with E-state index in [2.05, 4.69) is 154 Å². The maximum absolute atomic E-state index is 12.3. The van der Waals surface area contributed by atoms with Gasteiger partial charge in [-0.2, -0.15) is 4.39 Å². The number of nitro groups is 3. The molecule has 594 valence electrons. The van der Waals surface area contributed by atoms with Crippen LogP contribution >= 0.6 is 176 Å². The van der Waals surface area contributed by atoms with Crippen LogP contribution in [0.25, 0.3) is 0 Å². The second-order valence-electron chi connectivity index (χ2n) is 21.4. The van der Waals surface area contributed by atoms with Gasteiger partial charge >= 0.3 is 17.6 Å². The van der Waals surface area contributed by atoms with Crippen molar-refractivity contribution in [1.29, 1.82) is 0 Å². The number of pyridine rings is 3. The summed E-state index contributed by atoms with van der Waals surface area (Å²) >= 11 is 32.7. The van der Waals surface area contributed by atoms with Crippen molar-refractivity contribution in [2.75, 3.05) is 38.9 Å². The Morgan fingerprint density at radius 2 is 1.04 bits per heavy atom. The van der Waals surface area contributed by atoms with Gasteiger partial charge in [0.15, 0.2) is 23.2 Å². The Labute approximate surface area is 711 Å². The van der Waals surface area contributed by atoms with E-state index in [9.17, 15) is 63.5 Å². The van der Waals surface area contributed by atoms with Gasteiger partial charge in [-0.25, -0.2) is 20.5 Å². The minimum absolute atomic E-state index is 0. The van der Waals surface area contributed by atoms with Crippen molar-refractivity contribution in [1.82, 2.24) is 25.5 Å². The second kappa shape index (κ2) is 55.8. The van der Waals surface area contributed by atoms with E-state index in [0.29, 0.717) is 9.75 Å². The SMILES string of the molecule is Brc1ccc(Br)s1.C.CC(C)C(=O)O.CC(C)C(=O)c1ccc(Br)s1.CNOC.CON(C)C(=O)C(C)C.C[C@@H](N)C(=O)c1ccc(Br)s1.C[C@@H](Nc1cccnc1[N+](=O)[O-])C(=O)c1ccc(Br)s1.C[C@H]1Nc2cccnc2N=C1c1ccc(Br)s1.Cl.O=C(Cl)c1ccc([N+](=O)[O-])cc1.O=[N+]([O-])c1ncccc1F. The summed E-state index contributed by atoms with van der Waals surface area (Å²) < 4.78 is 18.6. The normalized spacial score (nSPS) is 11.5. The zero-order valence-electron chi connectivity index (χ0n) is 59.5. The Bertz CT molecular complexity index is 4260. The van der Waals surface area contributed by atoms with Gasteiger partial charge in [-0.15, -0.1) is 69.1 Å². The number of ketones is 3. The summed E-state index contributed by atoms with van der Waals surface area (Å²) in [5.74, 6) is -1.94. The van der Waals surface area contributed by atoms with Crippen LogP contribution in [-0.2, 0) is 19.3 Å². The van der Waals surface area contributed by atoms with Gasteiger partial charge < -0.3 is 46.5 Å². The van der Waals surface area contributed by atoms with Crippen LogP contribution in [0.5, 0.6) is 0 Å². The van der Waals surface area contributed by atoms with Gasteiger partial charge in [-0.3, -0.25) is 43.7 Å². The van der Waals surface area contributed by atoms with Crippen molar-refractivity contribution in [3.05, 3.63) is 224 Å². The number of nitro benzene ring substituents is 1. The summed E-state index contributed by atoms with van der Waals surface area (Å²) in [7, 11) is 6.35. The molecule has 0 saturated carbocycles. The summed E-state index contributed by atoms with van der Waals surface area (Å²) in [6.07, 6.45) is 4.27. The Balaban J connectivity index is 0. The van der Waals surface area contributed by atoms with Crippen LogP contribution in [0.15, 0.2) is 168 Å². The fraction of sp³-hybridized carbons (Fsp3) is 0.294. The van der Waals surface area contributed by atoms with Crippen molar-refractivity contribution in [2.24, 2.45) is 28.5 Å². The third-order valence-corrected chi connectivity index (χ3v) is 21.2. The lowest BCUT2D eigenvalue weighted by atomic mass is 10.1. The number of nitrogens with zero attached hydrogens (tertiary/aromatic N) is 8. The molecule has 41 heteroatoms. The number of thiophene rings is 5. The van der Waals surface area contributed by atoms with E-state index >= 15 is 0 Å². The van der Waals surface area contributed by atoms with Crippen LogP contribution in [0, 0.1) is 53.9 Å². The number of carboxylic acids is 1. The number of rotatable bonds is 17. The van der Waals surface area contributed by atoms with Crippen molar-refractivity contribution >= 4 is 251 Å². The predicted octanol–water partition coefficient (Wildman–Crippen LogP) is 21.3. The highest BCUT2D eigenvalue weighted by molar-refractivity contribution is 9.12. The molecule has 10 rings (SSSR count). The minimum Gasteiger partial charge on any atom is -0.481 e. The number of carbonyl (C=O) groups is 6. The molecule has 9 aromatic rings. The van der Waals surface area contributed by atoms with Crippen LogP contribution in [0.2, 0.25) is 0 Å². The molecule has 1 amide bonds. The molecule has 0 bridgehead atoms. The number of hydroxylamine groups is 3. The quantitative estimate of drug-likeness (QED) is 0.0245. The molecule has 0 aliphatic carbocycles. The third-order valence-electron chi connectivity index (χ3n) is 12.3.